The predicted octanol–water partition coefficient (Wildman–Crippen LogP) is 6.03. The first-order valence-corrected chi connectivity index (χ1v) is 10.6. The first kappa shape index (κ1) is 21.2. The highest BCUT2D eigenvalue weighted by Crippen LogP contribution is 2.30. The number of rotatable bonds is 5. The lowest BCUT2D eigenvalue weighted by Gasteiger charge is -2.14. The van der Waals surface area contributed by atoms with Gasteiger partial charge in [-0.25, -0.2) is 5.43 Å². The van der Waals surface area contributed by atoms with Crippen LogP contribution >= 0.6 is 27.5 Å². The van der Waals surface area contributed by atoms with Gasteiger partial charge >= 0.3 is 5.91 Å². The zero-order valence-electron chi connectivity index (χ0n) is 17.1. The zero-order valence-corrected chi connectivity index (χ0v) is 19.4. The highest BCUT2D eigenvalue weighted by Gasteiger charge is 2.15. The quantitative estimate of drug-likeness (QED) is 0.269. The van der Waals surface area contributed by atoms with Gasteiger partial charge in [0.1, 0.15) is 11.3 Å². The minimum atomic E-state index is -0.422. The molecule has 8 heteroatoms. The predicted molar refractivity (Wildman–Crippen MR) is 126 cm³/mol. The maximum Gasteiger partial charge on any atom is 0.307 e. The van der Waals surface area contributed by atoms with Gasteiger partial charge in [0, 0.05) is 31.8 Å². The van der Waals surface area contributed by atoms with Crippen molar-refractivity contribution in [2.24, 2.45) is 5.10 Å². The maximum atomic E-state index is 12.4. The monoisotopic (exact) mass is 499 g/mol. The van der Waals surface area contributed by atoms with E-state index in [4.69, 9.17) is 20.8 Å². The Kier molecular flexibility index (Phi) is 5.89. The fourth-order valence-electron chi connectivity index (χ4n) is 3.47. The molecule has 0 aliphatic carbocycles. The second-order valence-corrected chi connectivity index (χ2v) is 8.32. The number of nitrogens with zero attached hydrogens (tertiary/aromatic N) is 2. The Bertz CT molecular complexity index is 1320. The van der Waals surface area contributed by atoms with Crippen LogP contribution in [0.4, 0.5) is 0 Å². The van der Waals surface area contributed by atoms with Crippen LogP contribution in [0.5, 0.6) is 5.75 Å². The van der Waals surface area contributed by atoms with Gasteiger partial charge in [-0.1, -0.05) is 27.5 Å². The molecule has 4 rings (SSSR count). The van der Waals surface area contributed by atoms with E-state index in [1.165, 1.54) is 0 Å². The summed E-state index contributed by atoms with van der Waals surface area (Å²) < 4.78 is 14.0. The second kappa shape index (κ2) is 8.61. The van der Waals surface area contributed by atoms with Gasteiger partial charge in [-0.15, -0.1) is 0 Å². The van der Waals surface area contributed by atoms with E-state index in [9.17, 15) is 4.79 Å². The van der Waals surface area contributed by atoms with Gasteiger partial charge in [0.25, 0.3) is 0 Å². The second-order valence-electron chi connectivity index (χ2n) is 6.97. The van der Waals surface area contributed by atoms with Crippen molar-refractivity contribution in [3.05, 3.63) is 80.7 Å². The summed E-state index contributed by atoms with van der Waals surface area (Å²) in [5.41, 5.74) is 6.76. The molecule has 0 saturated carbocycles. The minimum Gasteiger partial charge on any atom is -0.495 e. The topological polar surface area (TPSA) is 68.8 Å². The van der Waals surface area contributed by atoms with Crippen molar-refractivity contribution in [1.82, 2.24) is 9.99 Å². The number of amides is 1. The number of hydrazone groups is 1. The van der Waals surface area contributed by atoms with Crippen molar-refractivity contribution in [2.45, 2.75) is 13.8 Å². The van der Waals surface area contributed by atoms with Gasteiger partial charge in [-0.05, 0) is 62.4 Å². The maximum absolute atomic E-state index is 12.4. The largest absolute Gasteiger partial charge is 0.495 e. The molecule has 2 heterocycles. The fourth-order valence-corrected chi connectivity index (χ4v) is 4.01. The van der Waals surface area contributed by atoms with Crippen LogP contribution in [-0.2, 0) is 0 Å². The minimum absolute atomic E-state index is 0.194. The molecule has 0 spiro atoms. The summed E-state index contributed by atoms with van der Waals surface area (Å²) in [6.45, 7) is 3.95. The van der Waals surface area contributed by atoms with Gasteiger partial charge in [-0.2, -0.15) is 5.10 Å². The number of carbonyl (C=O) groups is 1. The molecular weight excluding hydrogens is 482 g/mol. The van der Waals surface area contributed by atoms with Gasteiger partial charge < -0.3 is 13.7 Å². The molecule has 2 aromatic carbocycles. The summed E-state index contributed by atoms with van der Waals surface area (Å²) in [7, 11) is 1.62. The summed E-state index contributed by atoms with van der Waals surface area (Å²) in [6.07, 6.45) is 1.60. The van der Waals surface area contributed by atoms with Crippen molar-refractivity contribution in [2.75, 3.05) is 7.11 Å². The number of ether oxygens (including phenoxy) is 1. The van der Waals surface area contributed by atoms with E-state index in [0.717, 1.165) is 32.5 Å². The number of hydrogen-bond donors (Lipinski definition) is 1. The van der Waals surface area contributed by atoms with Crippen molar-refractivity contribution < 1.29 is 13.9 Å². The Balaban J connectivity index is 1.56. The molecule has 0 bridgehead atoms. The summed E-state index contributed by atoms with van der Waals surface area (Å²) >= 11 is 9.60. The van der Waals surface area contributed by atoms with Gasteiger partial charge in [0.2, 0.25) is 0 Å². The number of furan rings is 1. The van der Waals surface area contributed by atoms with Crippen molar-refractivity contribution in [3.8, 4) is 11.4 Å². The smallest absolute Gasteiger partial charge is 0.307 e. The molecule has 6 nitrogen and oxygen atoms in total. The van der Waals surface area contributed by atoms with E-state index in [1.54, 1.807) is 31.5 Å². The van der Waals surface area contributed by atoms with E-state index in [-0.39, 0.29) is 5.76 Å². The molecule has 31 heavy (non-hydrogen) atoms. The first-order valence-electron chi connectivity index (χ1n) is 9.42. The number of benzene rings is 2. The number of hydrogen-bond acceptors (Lipinski definition) is 4. The van der Waals surface area contributed by atoms with Crippen LogP contribution in [0.15, 0.2) is 62.5 Å². The Hall–Kier alpha value is -3.03. The summed E-state index contributed by atoms with van der Waals surface area (Å²) in [5, 5.41) is 5.56. The third-order valence-corrected chi connectivity index (χ3v) is 5.65. The van der Waals surface area contributed by atoms with Crippen LogP contribution in [0.25, 0.3) is 16.7 Å². The van der Waals surface area contributed by atoms with E-state index in [1.807, 2.05) is 48.7 Å². The summed E-state index contributed by atoms with van der Waals surface area (Å²) in [5.74, 6) is 0.479. The molecule has 158 valence electrons. The van der Waals surface area contributed by atoms with Crippen LogP contribution in [0.3, 0.4) is 0 Å². The van der Waals surface area contributed by atoms with Crippen molar-refractivity contribution in [3.63, 3.8) is 0 Å². The molecule has 0 saturated heterocycles. The molecule has 0 radical (unpaired) electrons. The Morgan fingerprint density at radius 1 is 1.19 bits per heavy atom. The van der Waals surface area contributed by atoms with E-state index in [2.05, 4.69) is 26.5 Å². The molecule has 2 aromatic heterocycles. The van der Waals surface area contributed by atoms with Crippen LogP contribution in [0, 0.1) is 13.8 Å². The van der Waals surface area contributed by atoms with Crippen molar-refractivity contribution >= 4 is 50.6 Å². The van der Waals surface area contributed by atoms with Crippen LogP contribution in [-0.4, -0.2) is 23.8 Å². The SMILES string of the molecule is COc1ccc(Cl)cc1-n1c(C)cc(/C=N/NC(=O)c2cc3cc(Br)ccc3o2)c1C. The zero-order chi connectivity index (χ0) is 22.1. The number of halogens is 2. The molecule has 0 aliphatic rings. The third kappa shape index (κ3) is 4.24. The van der Waals surface area contributed by atoms with Crippen molar-refractivity contribution in [1.29, 1.82) is 0 Å². The lowest BCUT2D eigenvalue weighted by molar-refractivity contribution is 0.0929. The Morgan fingerprint density at radius 2 is 2.00 bits per heavy atom. The number of carbonyl (C=O) groups excluding carboxylic acids is 1. The molecule has 1 amide bonds. The first-order chi connectivity index (χ1) is 14.9. The van der Waals surface area contributed by atoms with Crippen LogP contribution < -0.4 is 10.2 Å². The average molecular weight is 501 g/mol. The Morgan fingerprint density at radius 3 is 2.77 bits per heavy atom. The van der Waals surface area contributed by atoms with E-state index >= 15 is 0 Å². The molecule has 4 aromatic rings. The van der Waals surface area contributed by atoms with Gasteiger partial charge in [-0.3, -0.25) is 4.79 Å². The molecule has 0 aliphatic heterocycles. The highest BCUT2D eigenvalue weighted by molar-refractivity contribution is 9.10. The fraction of sp³-hybridized carbons (Fsp3) is 0.130. The molecule has 0 atom stereocenters. The standard InChI is InChI=1S/C23H19BrClN3O3/c1-13-8-16(14(2)28(13)19-11-18(25)5-7-21(19)30-3)12-26-27-23(29)22-10-15-9-17(24)4-6-20(15)31-22/h4-12H,1-3H3,(H,27,29)/b26-12+. The third-order valence-electron chi connectivity index (χ3n) is 4.92. The molecule has 1 N–H and O–H groups in total. The molecular formula is C23H19BrClN3O3. The molecule has 0 fully saturated rings. The van der Waals surface area contributed by atoms with Crippen LogP contribution in [0.1, 0.15) is 27.5 Å². The van der Waals surface area contributed by atoms with Gasteiger partial charge in [0.05, 0.1) is 19.0 Å². The number of aryl methyl sites for hydroxylation is 1. The number of fused-ring (bicyclic) bond motifs is 1. The average Bonchev–Trinajstić information content (AvgIpc) is 3.28. The number of methoxy groups -OCH3 is 1. The van der Waals surface area contributed by atoms with E-state index in [0.29, 0.717) is 16.4 Å². The normalized spacial score (nSPS) is 11.4. The number of nitrogens with one attached hydrogen (secondary N) is 1. The Labute approximate surface area is 192 Å². The number of aromatic nitrogens is 1. The summed E-state index contributed by atoms with van der Waals surface area (Å²) in [4.78, 5) is 12.4. The highest BCUT2D eigenvalue weighted by atomic mass is 79.9. The molecule has 0 unspecified atom stereocenters. The lowest BCUT2D eigenvalue weighted by Crippen LogP contribution is -2.16. The summed E-state index contributed by atoms with van der Waals surface area (Å²) in [6, 6.07) is 14.7. The lowest BCUT2D eigenvalue weighted by atomic mass is 10.2. The van der Waals surface area contributed by atoms with Gasteiger partial charge in [0.15, 0.2) is 5.76 Å². The van der Waals surface area contributed by atoms with E-state index < -0.39 is 5.91 Å². The van der Waals surface area contributed by atoms with Crippen LogP contribution in [0.2, 0.25) is 5.02 Å².